The molecule has 1 atom stereocenters. The summed E-state index contributed by atoms with van der Waals surface area (Å²) in [5, 5.41) is 6.10. The van der Waals surface area contributed by atoms with Gasteiger partial charge in [-0.15, -0.1) is 11.3 Å². The summed E-state index contributed by atoms with van der Waals surface area (Å²) in [6.07, 6.45) is 2.77. The van der Waals surface area contributed by atoms with Crippen LogP contribution in [0.15, 0.2) is 5.38 Å². The third-order valence-electron chi connectivity index (χ3n) is 4.04. The van der Waals surface area contributed by atoms with Crippen LogP contribution in [0.1, 0.15) is 30.5 Å². The maximum Gasteiger partial charge on any atom is 0.224 e. The Kier molecular flexibility index (Phi) is 6.98. The Bertz CT molecular complexity index is 532. The van der Waals surface area contributed by atoms with Crippen LogP contribution in [0.4, 0.5) is 0 Å². The zero-order valence-electron chi connectivity index (χ0n) is 13.8. The topological polar surface area (TPSA) is 71.5 Å². The van der Waals surface area contributed by atoms with Gasteiger partial charge in [-0.05, 0) is 12.8 Å². The van der Waals surface area contributed by atoms with E-state index in [0.717, 1.165) is 23.5 Å². The lowest BCUT2D eigenvalue weighted by Crippen LogP contribution is -2.47. The lowest BCUT2D eigenvalue weighted by molar-refractivity contribution is -0.138. The molecule has 2 rings (SSSR count). The largest absolute Gasteiger partial charge is 0.383 e. The number of aromatic nitrogens is 1. The highest BCUT2D eigenvalue weighted by molar-refractivity contribution is 7.09. The summed E-state index contributed by atoms with van der Waals surface area (Å²) >= 11 is 1.64. The Labute approximate surface area is 141 Å². The van der Waals surface area contributed by atoms with Crippen LogP contribution in [0.25, 0.3) is 0 Å². The fourth-order valence-corrected chi connectivity index (χ4v) is 3.49. The lowest BCUT2D eigenvalue weighted by atomic mass is 9.96. The molecule has 2 amide bonds. The molecule has 0 spiro atoms. The first-order chi connectivity index (χ1) is 11.1. The maximum absolute atomic E-state index is 12.3. The molecular weight excluding hydrogens is 314 g/mol. The minimum Gasteiger partial charge on any atom is -0.383 e. The molecule has 1 aliphatic rings. The molecule has 7 heteroatoms. The van der Waals surface area contributed by atoms with E-state index in [1.54, 1.807) is 23.3 Å². The van der Waals surface area contributed by atoms with Crippen LogP contribution < -0.4 is 5.32 Å². The number of methoxy groups -OCH3 is 1. The number of likely N-dealkylation sites (tertiary alicyclic amines) is 1. The van der Waals surface area contributed by atoms with E-state index < -0.39 is 0 Å². The van der Waals surface area contributed by atoms with Crippen LogP contribution in [0.3, 0.4) is 0 Å². The van der Waals surface area contributed by atoms with E-state index in [-0.39, 0.29) is 17.7 Å². The molecule has 1 aromatic rings. The Morgan fingerprint density at radius 2 is 2.39 bits per heavy atom. The van der Waals surface area contributed by atoms with Gasteiger partial charge < -0.3 is 15.0 Å². The van der Waals surface area contributed by atoms with Crippen molar-refractivity contribution < 1.29 is 14.3 Å². The smallest absolute Gasteiger partial charge is 0.224 e. The summed E-state index contributed by atoms with van der Waals surface area (Å²) in [7, 11) is 1.61. The van der Waals surface area contributed by atoms with Crippen molar-refractivity contribution >= 4 is 23.2 Å². The Morgan fingerprint density at radius 3 is 3.09 bits per heavy atom. The molecule has 6 nitrogen and oxygen atoms in total. The van der Waals surface area contributed by atoms with E-state index in [9.17, 15) is 9.59 Å². The number of carbonyl (C=O) groups excluding carboxylic acids is 2. The molecule has 1 aromatic heterocycles. The molecule has 1 fully saturated rings. The van der Waals surface area contributed by atoms with Crippen molar-refractivity contribution in [2.45, 2.75) is 32.6 Å². The number of amides is 2. The molecule has 0 radical (unpaired) electrons. The number of hydrogen-bond acceptors (Lipinski definition) is 5. The van der Waals surface area contributed by atoms with Crippen molar-refractivity contribution in [1.29, 1.82) is 0 Å². The predicted octanol–water partition coefficient (Wildman–Crippen LogP) is 1.25. The first kappa shape index (κ1) is 17.9. The highest BCUT2D eigenvalue weighted by Crippen LogP contribution is 2.17. The van der Waals surface area contributed by atoms with Gasteiger partial charge in [-0.1, -0.05) is 6.92 Å². The van der Waals surface area contributed by atoms with Crippen LogP contribution in [-0.2, 0) is 27.2 Å². The molecule has 0 bridgehead atoms. The summed E-state index contributed by atoms with van der Waals surface area (Å²) in [6, 6.07) is 0. The Hall–Kier alpha value is -1.47. The van der Waals surface area contributed by atoms with Gasteiger partial charge in [0.25, 0.3) is 0 Å². The maximum atomic E-state index is 12.3. The van der Waals surface area contributed by atoms with Crippen molar-refractivity contribution in [3.05, 3.63) is 16.1 Å². The van der Waals surface area contributed by atoms with Crippen molar-refractivity contribution in [3.8, 4) is 0 Å². The average Bonchev–Trinajstić information content (AvgIpc) is 3.02. The number of ether oxygens (including phenoxy) is 1. The van der Waals surface area contributed by atoms with E-state index in [0.29, 0.717) is 39.1 Å². The second kappa shape index (κ2) is 8.98. The van der Waals surface area contributed by atoms with Gasteiger partial charge in [-0.25, -0.2) is 4.98 Å². The number of hydrogen-bond donors (Lipinski definition) is 1. The number of carbonyl (C=O) groups is 2. The molecule has 1 N–H and O–H groups in total. The predicted molar refractivity (Wildman–Crippen MR) is 89.4 cm³/mol. The molecular formula is C16H25N3O3S. The van der Waals surface area contributed by atoms with Crippen LogP contribution >= 0.6 is 11.3 Å². The summed E-state index contributed by atoms with van der Waals surface area (Å²) < 4.78 is 5.01. The van der Waals surface area contributed by atoms with E-state index in [4.69, 9.17) is 4.74 Å². The number of thiazole rings is 1. The third kappa shape index (κ3) is 5.28. The molecule has 128 valence electrons. The van der Waals surface area contributed by atoms with Crippen LogP contribution in [-0.4, -0.2) is 55.0 Å². The van der Waals surface area contributed by atoms with Gasteiger partial charge in [-0.2, -0.15) is 0 Å². The molecule has 1 saturated heterocycles. The SMILES string of the molecule is CCc1csc(CCNC(=O)C2CCC(=O)N(CCOC)C2)n1. The number of nitrogens with one attached hydrogen (secondary N) is 1. The van der Waals surface area contributed by atoms with Gasteiger partial charge in [0.15, 0.2) is 0 Å². The first-order valence-corrected chi connectivity index (χ1v) is 8.99. The van der Waals surface area contributed by atoms with E-state index >= 15 is 0 Å². The fraction of sp³-hybridized carbons (Fsp3) is 0.688. The van der Waals surface area contributed by atoms with Crippen molar-refractivity contribution in [2.24, 2.45) is 5.92 Å². The van der Waals surface area contributed by atoms with Gasteiger partial charge in [-0.3, -0.25) is 9.59 Å². The second-order valence-electron chi connectivity index (χ2n) is 5.70. The molecule has 1 aliphatic heterocycles. The highest BCUT2D eigenvalue weighted by Gasteiger charge is 2.29. The minimum absolute atomic E-state index is 0.0344. The number of rotatable bonds is 8. The normalized spacial score (nSPS) is 18.3. The first-order valence-electron chi connectivity index (χ1n) is 8.11. The average molecular weight is 339 g/mol. The fourth-order valence-electron chi connectivity index (χ4n) is 2.61. The Morgan fingerprint density at radius 1 is 1.57 bits per heavy atom. The van der Waals surface area contributed by atoms with E-state index in [1.807, 2.05) is 0 Å². The molecule has 2 heterocycles. The van der Waals surface area contributed by atoms with Crippen molar-refractivity contribution in [1.82, 2.24) is 15.2 Å². The summed E-state index contributed by atoms with van der Waals surface area (Å²) in [6.45, 7) is 4.23. The highest BCUT2D eigenvalue weighted by atomic mass is 32.1. The number of nitrogens with zero attached hydrogens (tertiary/aromatic N) is 2. The second-order valence-corrected chi connectivity index (χ2v) is 6.64. The van der Waals surface area contributed by atoms with Crippen molar-refractivity contribution in [2.75, 3.05) is 33.4 Å². The molecule has 0 aromatic carbocycles. The molecule has 0 aliphatic carbocycles. The zero-order chi connectivity index (χ0) is 16.7. The summed E-state index contributed by atoms with van der Waals surface area (Å²) in [5.41, 5.74) is 1.11. The quantitative estimate of drug-likeness (QED) is 0.774. The van der Waals surface area contributed by atoms with Gasteiger partial charge in [0.05, 0.1) is 23.2 Å². The minimum atomic E-state index is -0.118. The van der Waals surface area contributed by atoms with E-state index in [1.165, 1.54) is 0 Å². The summed E-state index contributed by atoms with van der Waals surface area (Å²) in [4.78, 5) is 30.3. The van der Waals surface area contributed by atoms with Gasteiger partial charge in [0.2, 0.25) is 11.8 Å². The van der Waals surface area contributed by atoms with Gasteiger partial charge >= 0.3 is 0 Å². The van der Waals surface area contributed by atoms with Crippen LogP contribution in [0, 0.1) is 5.92 Å². The Balaban J connectivity index is 1.75. The van der Waals surface area contributed by atoms with E-state index in [2.05, 4.69) is 22.6 Å². The standard InChI is InChI=1S/C16H25N3O3S/c1-3-13-11-23-14(18-13)6-7-17-16(21)12-4-5-15(20)19(10-12)8-9-22-2/h11-12H,3-10H2,1-2H3,(H,17,21). The third-order valence-corrected chi connectivity index (χ3v) is 4.99. The number of piperidine rings is 1. The molecule has 1 unspecified atom stereocenters. The van der Waals surface area contributed by atoms with Gasteiger partial charge in [0, 0.05) is 45.0 Å². The van der Waals surface area contributed by atoms with Gasteiger partial charge in [0.1, 0.15) is 0 Å². The molecule has 23 heavy (non-hydrogen) atoms. The van der Waals surface area contributed by atoms with Crippen LogP contribution in [0.5, 0.6) is 0 Å². The zero-order valence-corrected chi connectivity index (χ0v) is 14.7. The molecule has 0 saturated carbocycles. The van der Waals surface area contributed by atoms with Crippen LogP contribution in [0.2, 0.25) is 0 Å². The van der Waals surface area contributed by atoms with Crippen molar-refractivity contribution in [3.63, 3.8) is 0 Å². The lowest BCUT2D eigenvalue weighted by Gasteiger charge is -2.31. The summed E-state index contributed by atoms with van der Waals surface area (Å²) in [5.74, 6) is 0.0280. The number of aryl methyl sites for hydroxylation is 1. The monoisotopic (exact) mass is 339 g/mol.